The summed E-state index contributed by atoms with van der Waals surface area (Å²) in [5, 5.41) is 0. The zero-order valence-electron chi connectivity index (χ0n) is 10.9. The van der Waals surface area contributed by atoms with Crippen molar-refractivity contribution in [2.24, 2.45) is 5.73 Å². The lowest BCUT2D eigenvalue weighted by Crippen LogP contribution is -2.23. The summed E-state index contributed by atoms with van der Waals surface area (Å²) < 4.78 is 11.1. The molecule has 0 radical (unpaired) electrons. The Balaban J connectivity index is 2.05. The van der Waals surface area contributed by atoms with E-state index in [1.165, 1.54) is 0 Å². The molecule has 0 aliphatic carbocycles. The summed E-state index contributed by atoms with van der Waals surface area (Å²) in [6, 6.07) is 15.0. The zero-order chi connectivity index (χ0) is 13.9. The Morgan fingerprint density at radius 1 is 1.05 bits per heavy atom. The normalized spacial score (nSPS) is 13.1. The van der Waals surface area contributed by atoms with E-state index >= 15 is 0 Å². The average Bonchev–Trinajstić information content (AvgIpc) is 2.50. The molecule has 0 saturated carbocycles. The molecule has 1 aliphatic heterocycles. The molecule has 4 heteroatoms. The van der Waals surface area contributed by atoms with Gasteiger partial charge in [0.1, 0.15) is 24.0 Å². The van der Waals surface area contributed by atoms with Crippen LogP contribution in [-0.4, -0.2) is 19.1 Å². The summed E-state index contributed by atoms with van der Waals surface area (Å²) >= 11 is 0. The largest absolute Gasteiger partial charge is 0.464 e. The van der Waals surface area contributed by atoms with Crippen LogP contribution in [-0.2, 0) is 9.53 Å². The van der Waals surface area contributed by atoms with Gasteiger partial charge in [0.15, 0.2) is 0 Å². The minimum atomic E-state index is -0.456. The van der Waals surface area contributed by atoms with Crippen molar-refractivity contribution in [3.05, 3.63) is 59.7 Å². The van der Waals surface area contributed by atoms with Crippen molar-refractivity contribution in [1.29, 1.82) is 0 Å². The first kappa shape index (κ1) is 12.7. The maximum atomic E-state index is 12.3. The Morgan fingerprint density at radius 2 is 1.60 bits per heavy atom. The van der Waals surface area contributed by atoms with Gasteiger partial charge in [-0.25, -0.2) is 0 Å². The van der Waals surface area contributed by atoms with E-state index in [2.05, 4.69) is 0 Å². The number of nitrogens with two attached hydrogens (primary N) is 1. The Bertz CT molecular complexity index is 594. The van der Waals surface area contributed by atoms with Crippen molar-refractivity contribution < 1.29 is 14.3 Å². The lowest BCUT2D eigenvalue weighted by Gasteiger charge is -2.26. The highest BCUT2D eigenvalue weighted by atomic mass is 16.5. The van der Waals surface area contributed by atoms with Crippen LogP contribution in [0.4, 0.5) is 0 Å². The third-order valence-electron chi connectivity index (χ3n) is 3.28. The van der Waals surface area contributed by atoms with Crippen LogP contribution < -0.4 is 10.5 Å². The lowest BCUT2D eigenvalue weighted by atomic mass is 9.88. The Hall–Kier alpha value is -2.33. The van der Waals surface area contributed by atoms with Gasteiger partial charge in [0.05, 0.1) is 0 Å². The van der Waals surface area contributed by atoms with E-state index in [0.29, 0.717) is 18.0 Å². The van der Waals surface area contributed by atoms with Gasteiger partial charge in [0.2, 0.25) is 0 Å². The molecule has 0 fully saturated rings. The van der Waals surface area contributed by atoms with Crippen molar-refractivity contribution in [2.75, 3.05) is 13.2 Å². The van der Waals surface area contributed by atoms with Crippen molar-refractivity contribution in [1.82, 2.24) is 0 Å². The molecule has 1 heterocycles. The van der Waals surface area contributed by atoms with Gasteiger partial charge in [0.25, 0.3) is 0 Å². The summed E-state index contributed by atoms with van der Waals surface area (Å²) in [5.41, 5.74) is 7.05. The number of rotatable bonds is 3. The molecule has 2 N–H and O–H groups in total. The van der Waals surface area contributed by atoms with E-state index in [-0.39, 0.29) is 12.6 Å². The van der Waals surface area contributed by atoms with Crippen LogP contribution in [0.5, 0.6) is 11.5 Å². The van der Waals surface area contributed by atoms with Crippen LogP contribution >= 0.6 is 0 Å². The molecule has 0 amide bonds. The zero-order valence-corrected chi connectivity index (χ0v) is 10.9. The molecule has 0 aromatic heterocycles. The summed E-state index contributed by atoms with van der Waals surface area (Å²) in [6.07, 6.45) is 0. The number of ether oxygens (including phenoxy) is 2. The molecule has 0 bridgehead atoms. The second kappa shape index (κ2) is 5.35. The molecule has 0 unspecified atom stereocenters. The highest BCUT2D eigenvalue weighted by molar-refractivity contribution is 5.85. The molecule has 0 atom stereocenters. The molecule has 2 aromatic rings. The van der Waals surface area contributed by atoms with Gasteiger partial charge in [0, 0.05) is 17.7 Å². The molecule has 3 rings (SSSR count). The minimum Gasteiger partial charge on any atom is -0.464 e. The predicted molar refractivity (Wildman–Crippen MR) is 74.8 cm³/mol. The van der Waals surface area contributed by atoms with Crippen LogP contribution in [0.25, 0.3) is 0 Å². The SMILES string of the molecule is NCCOC(=O)C1c2ccccc2Oc2ccccc21. The third-order valence-corrected chi connectivity index (χ3v) is 3.28. The van der Waals surface area contributed by atoms with E-state index in [1.54, 1.807) is 0 Å². The second-order valence-electron chi connectivity index (χ2n) is 4.57. The Kier molecular flexibility index (Phi) is 3.39. The fourth-order valence-electron chi connectivity index (χ4n) is 2.41. The smallest absolute Gasteiger partial charge is 0.318 e. The molecule has 102 valence electrons. The van der Waals surface area contributed by atoms with Crippen LogP contribution in [0.15, 0.2) is 48.5 Å². The van der Waals surface area contributed by atoms with E-state index in [4.69, 9.17) is 15.2 Å². The monoisotopic (exact) mass is 269 g/mol. The van der Waals surface area contributed by atoms with E-state index in [1.807, 2.05) is 48.5 Å². The third kappa shape index (κ3) is 2.14. The Morgan fingerprint density at radius 3 is 2.15 bits per heavy atom. The van der Waals surface area contributed by atoms with E-state index < -0.39 is 5.92 Å². The standard InChI is InChI=1S/C16H15NO3/c17-9-10-19-16(18)15-11-5-1-3-7-13(11)20-14-8-4-2-6-12(14)15/h1-8,15H,9-10,17H2. The number of fused-ring (bicyclic) bond motifs is 2. The molecule has 2 aromatic carbocycles. The number of hydrogen-bond donors (Lipinski definition) is 1. The van der Waals surface area contributed by atoms with Gasteiger partial charge >= 0.3 is 5.97 Å². The Labute approximate surface area is 117 Å². The molecular weight excluding hydrogens is 254 g/mol. The van der Waals surface area contributed by atoms with Gasteiger partial charge in [-0.05, 0) is 12.1 Å². The predicted octanol–water partition coefficient (Wildman–Crippen LogP) is 2.43. The van der Waals surface area contributed by atoms with Crippen molar-refractivity contribution in [3.63, 3.8) is 0 Å². The topological polar surface area (TPSA) is 61.5 Å². The molecule has 0 spiro atoms. The maximum Gasteiger partial charge on any atom is 0.318 e. The molecule has 0 saturated heterocycles. The number of para-hydroxylation sites is 2. The van der Waals surface area contributed by atoms with E-state index in [0.717, 1.165) is 11.1 Å². The van der Waals surface area contributed by atoms with Crippen LogP contribution in [0.3, 0.4) is 0 Å². The number of hydrogen-bond acceptors (Lipinski definition) is 4. The van der Waals surface area contributed by atoms with Crippen molar-refractivity contribution in [3.8, 4) is 11.5 Å². The van der Waals surface area contributed by atoms with Crippen LogP contribution in [0.1, 0.15) is 17.0 Å². The second-order valence-corrected chi connectivity index (χ2v) is 4.57. The van der Waals surface area contributed by atoms with Gasteiger partial charge in [-0.1, -0.05) is 36.4 Å². The maximum absolute atomic E-state index is 12.3. The van der Waals surface area contributed by atoms with Gasteiger partial charge in [-0.3, -0.25) is 4.79 Å². The van der Waals surface area contributed by atoms with Crippen molar-refractivity contribution in [2.45, 2.75) is 5.92 Å². The lowest BCUT2D eigenvalue weighted by molar-refractivity contribution is -0.144. The molecule has 20 heavy (non-hydrogen) atoms. The van der Waals surface area contributed by atoms with Crippen LogP contribution in [0, 0.1) is 0 Å². The first-order valence-electron chi connectivity index (χ1n) is 6.53. The van der Waals surface area contributed by atoms with Crippen molar-refractivity contribution >= 4 is 5.97 Å². The number of esters is 1. The number of benzene rings is 2. The summed E-state index contributed by atoms with van der Waals surface area (Å²) in [4.78, 5) is 12.3. The fourth-order valence-corrected chi connectivity index (χ4v) is 2.41. The molecule has 4 nitrogen and oxygen atoms in total. The fraction of sp³-hybridized carbons (Fsp3) is 0.188. The summed E-state index contributed by atoms with van der Waals surface area (Å²) in [5.74, 6) is 0.642. The molecular formula is C16H15NO3. The van der Waals surface area contributed by atoms with Gasteiger partial charge < -0.3 is 15.2 Å². The number of carbonyl (C=O) groups excluding carboxylic acids is 1. The number of carbonyl (C=O) groups is 1. The highest BCUT2D eigenvalue weighted by Crippen LogP contribution is 2.44. The van der Waals surface area contributed by atoms with Gasteiger partial charge in [-0.15, -0.1) is 0 Å². The van der Waals surface area contributed by atoms with E-state index in [9.17, 15) is 4.79 Å². The quantitative estimate of drug-likeness (QED) is 0.869. The first-order chi connectivity index (χ1) is 9.81. The van der Waals surface area contributed by atoms with Gasteiger partial charge in [-0.2, -0.15) is 0 Å². The molecule has 1 aliphatic rings. The highest BCUT2D eigenvalue weighted by Gasteiger charge is 2.33. The summed E-state index contributed by atoms with van der Waals surface area (Å²) in [6.45, 7) is 0.540. The van der Waals surface area contributed by atoms with Crippen LogP contribution in [0.2, 0.25) is 0 Å². The summed E-state index contributed by atoms with van der Waals surface area (Å²) in [7, 11) is 0. The minimum absolute atomic E-state index is 0.223. The first-order valence-corrected chi connectivity index (χ1v) is 6.53. The average molecular weight is 269 g/mol.